The van der Waals surface area contributed by atoms with Crippen LogP contribution in [0, 0.1) is 0 Å². The van der Waals surface area contributed by atoms with Crippen LogP contribution < -0.4 is 15.4 Å². The van der Waals surface area contributed by atoms with Gasteiger partial charge in [-0.25, -0.2) is 4.79 Å². The van der Waals surface area contributed by atoms with E-state index >= 15 is 0 Å². The second-order valence-corrected chi connectivity index (χ2v) is 6.67. The molecule has 0 spiro atoms. The van der Waals surface area contributed by atoms with Gasteiger partial charge < -0.3 is 20.3 Å². The number of halogens is 1. The first-order chi connectivity index (χ1) is 12.5. The van der Waals surface area contributed by atoms with Gasteiger partial charge in [0.25, 0.3) is 0 Å². The average molecular weight is 376 g/mol. The van der Waals surface area contributed by atoms with Crippen molar-refractivity contribution in [2.75, 3.05) is 34.3 Å². The summed E-state index contributed by atoms with van der Waals surface area (Å²) in [4.78, 5) is 14.2. The molecule has 0 saturated carbocycles. The lowest BCUT2D eigenvalue weighted by Crippen LogP contribution is -2.41. The molecule has 2 rings (SSSR count). The SMILES string of the molecule is COc1ccccc1CCNC(=O)NCC(c1ccc(Cl)cc1)N(C)C. The number of nitrogens with zero attached hydrogens (tertiary/aromatic N) is 1. The third kappa shape index (κ3) is 5.93. The molecule has 0 aliphatic rings. The van der Waals surface area contributed by atoms with E-state index in [2.05, 4.69) is 15.5 Å². The molecule has 0 aliphatic heterocycles. The smallest absolute Gasteiger partial charge is 0.314 e. The zero-order chi connectivity index (χ0) is 18.9. The Balaban J connectivity index is 1.82. The summed E-state index contributed by atoms with van der Waals surface area (Å²) in [6.07, 6.45) is 0.714. The normalized spacial score (nSPS) is 11.9. The van der Waals surface area contributed by atoms with Gasteiger partial charge in [-0.15, -0.1) is 0 Å². The Kier molecular flexibility index (Phi) is 7.75. The predicted octanol–water partition coefficient (Wildman–Crippen LogP) is 3.49. The van der Waals surface area contributed by atoms with Crippen molar-refractivity contribution in [1.82, 2.24) is 15.5 Å². The topological polar surface area (TPSA) is 53.6 Å². The first-order valence-corrected chi connectivity index (χ1v) is 8.94. The number of likely N-dealkylation sites (N-methyl/N-ethyl adjacent to an activating group) is 1. The van der Waals surface area contributed by atoms with E-state index in [1.54, 1.807) is 7.11 Å². The summed E-state index contributed by atoms with van der Waals surface area (Å²) in [5, 5.41) is 6.53. The van der Waals surface area contributed by atoms with Crippen LogP contribution in [0.3, 0.4) is 0 Å². The number of urea groups is 1. The lowest BCUT2D eigenvalue weighted by atomic mass is 10.1. The van der Waals surface area contributed by atoms with Gasteiger partial charge in [0.2, 0.25) is 0 Å². The number of carbonyl (C=O) groups is 1. The van der Waals surface area contributed by atoms with E-state index in [4.69, 9.17) is 16.3 Å². The van der Waals surface area contributed by atoms with Gasteiger partial charge >= 0.3 is 6.03 Å². The number of carbonyl (C=O) groups excluding carboxylic acids is 1. The number of methoxy groups -OCH3 is 1. The van der Waals surface area contributed by atoms with Crippen molar-refractivity contribution in [2.45, 2.75) is 12.5 Å². The molecule has 1 atom stereocenters. The van der Waals surface area contributed by atoms with Gasteiger partial charge in [-0.3, -0.25) is 0 Å². The zero-order valence-corrected chi connectivity index (χ0v) is 16.2. The number of benzene rings is 2. The molecule has 5 nitrogen and oxygen atoms in total. The van der Waals surface area contributed by atoms with E-state index in [0.29, 0.717) is 24.5 Å². The molecule has 0 aromatic heterocycles. The molecule has 0 radical (unpaired) electrons. The quantitative estimate of drug-likeness (QED) is 0.742. The van der Waals surface area contributed by atoms with Gasteiger partial charge in [-0.2, -0.15) is 0 Å². The molecule has 6 heteroatoms. The highest BCUT2D eigenvalue weighted by molar-refractivity contribution is 6.30. The number of amides is 2. The highest BCUT2D eigenvalue weighted by Crippen LogP contribution is 2.20. The molecule has 0 saturated heterocycles. The van der Waals surface area contributed by atoms with Gasteiger partial charge in [-0.1, -0.05) is 41.9 Å². The second-order valence-electron chi connectivity index (χ2n) is 6.23. The number of hydrogen-bond acceptors (Lipinski definition) is 3. The molecular weight excluding hydrogens is 350 g/mol. The molecule has 140 valence electrons. The van der Waals surface area contributed by atoms with Crippen LogP contribution in [0.1, 0.15) is 17.2 Å². The molecule has 0 heterocycles. The molecule has 2 N–H and O–H groups in total. The minimum absolute atomic E-state index is 0.0761. The van der Waals surface area contributed by atoms with Crippen molar-refractivity contribution in [3.05, 3.63) is 64.7 Å². The van der Waals surface area contributed by atoms with Crippen molar-refractivity contribution in [2.24, 2.45) is 0 Å². The van der Waals surface area contributed by atoms with Crippen molar-refractivity contribution in [3.63, 3.8) is 0 Å². The van der Waals surface area contributed by atoms with Crippen LogP contribution in [0.5, 0.6) is 5.75 Å². The lowest BCUT2D eigenvalue weighted by Gasteiger charge is -2.25. The van der Waals surface area contributed by atoms with Crippen LogP contribution in [-0.2, 0) is 6.42 Å². The number of ether oxygens (including phenoxy) is 1. The van der Waals surface area contributed by atoms with Crippen LogP contribution in [0.2, 0.25) is 5.02 Å². The number of hydrogen-bond donors (Lipinski definition) is 2. The summed E-state index contributed by atoms with van der Waals surface area (Å²) >= 11 is 5.95. The highest BCUT2D eigenvalue weighted by atomic mass is 35.5. The fraction of sp³-hybridized carbons (Fsp3) is 0.350. The summed E-state index contributed by atoms with van der Waals surface area (Å²) in [5.74, 6) is 0.838. The fourth-order valence-electron chi connectivity index (χ4n) is 2.76. The summed E-state index contributed by atoms with van der Waals surface area (Å²) in [7, 11) is 5.62. The second kappa shape index (κ2) is 10.0. The van der Waals surface area contributed by atoms with E-state index in [1.807, 2.05) is 62.6 Å². The number of nitrogens with one attached hydrogen (secondary N) is 2. The summed E-state index contributed by atoms with van der Waals surface area (Å²) in [6.45, 7) is 1.05. The molecule has 0 aliphatic carbocycles. The maximum absolute atomic E-state index is 12.1. The van der Waals surface area contributed by atoms with Gasteiger partial charge in [0.15, 0.2) is 0 Å². The molecule has 2 aromatic carbocycles. The Labute approximate surface area is 160 Å². The van der Waals surface area contributed by atoms with E-state index in [0.717, 1.165) is 16.9 Å². The zero-order valence-electron chi connectivity index (χ0n) is 15.5. The van der Waals surface area contributed by atoms with E-state index in [-0.39, 0.29) is 12.1 Å². The van der Waals surface area contributed by atoms with Gasteiger partial charge in [0.1, 0.15) is 5.75 Å². The third-order valence-corrected chi connectivity index (χ3v) is 4.46. The largest absolute Gasteiger partial charge is 0.496 e. The minimum Gasteiger partial charge on any atom is -0.496 e. The van der Waals surface area contributed by atoms with Crippen molar-refractivity contribution in [3.8, 4) is 5.75 Å². The third-order valence-electron chi connectivity index (χ3n) is 4.21. The summed E-state index contributed by atoms with van der Waals surface area (Å²) in [5.41, 5.74) is 2.18. The predicted molar refractivity (Wildman–Crippen MR) is 106 cm³/mol. The number of para-hydroxylation sites is 1. The van der Waals surface area contributed by atoms with Crippen molar-refractivity contribution in [1.29, 1.82) is 0 Å². The fourth-order valence-corrected chi connectivity index (χ4v) is 2.88. The summed E-state index contributed by atoms with van der Waals surface area (Å²) < 4.78 is 5.32. The van der Waals surface area contributed by atoms with Crippen molar-refractivity contribution < 1.29 is 9.53 Å². The maximum Gasteiger partial charge on any atom is 0.314 e. The van der Waals surface area contributed by atoms with E-state index in [1.165, 1.54) is 0 Å². The van der Waals surface area contributed by atoms with Gasteiger partial charge in [0.05, 0.1) is 13.2 Å². The van der Waals surface area contributed by atoms with E-state index in [9.17, 15) is 4.79 Å². The van der Waals surface area contributed by atoms with Crippen molar-refractivity contribution >= 4 is 17.6 Å². The van der Waals surface area contributed by atoms with Crippen LogP contribution in [0.15, 0.2) is 48.5 Å². The maximum atomic E-state index is 12.1. The first-order valence-electron chi connectivity index (χ1n) is 8.56. The molecule has 0 bridgehead atoms. The minimum atomic E-state index is -0.180. The molecule has 0 fully saturated rings. The Hall–Kier alpha value is -2.24. The Morgan fingerprint density at radius 3 is 2.46 bits per heavy atom. The molecule has 1 unspecified atom stereocenters. The average Bonchev–Trinajstić information content (AvgIpc) is 2.63. The molecule has 2 aromatic rings. The molecular formula is C20H26ClN3O2. The Morgan fingerprint density at radius 1 is 1.12 bits per heavy atom. The van der Waals surface area contributed by atoms with Crippen LogP contribution in [-0.4, -0.2) is 45.2 Å². The van der Waals surface area contributed by atoms with E-state index < -0.39 is 0 Å². The highest BCUT2D eigenvalue weighted by Gasteiger charge is 2.15. The van der Waals surface area contributed by atoms with Crippen LogP contribution in [0.25, 0.3) is 0 Å². The van der Waals surface area contributed by atoms with Crippen LogP contribution in [0.4, 0.5) is 4.79 Å². The summed E-state index contributed by atoms with van der Waals surface area (Å²) in [6, 6.07) is 15.4. The van der Waals surface area contributed by atoms with Gasteiger partial charge in [0, 0.05) is 18.1 Å². The molecule has 2 amide bonds. The standard InChI is InChI=1S/C20H26ClN3O2/c1-24(2)18(15-8-10-17(21)11-9-15)14-23-20(25)22-13-12-16-6-4-5-7-19(16)26-3/h4-11,18H,12-14H2,1-3H3,(H2,22,23,25). The first kappa shape index (κ1) is 20.1. The Bertz CT molecular complexity index is 704. The number of rotatable bonds is 8. The Morgan fingerprint density at radius 2 is 1.81 bits per heavy atom. The van der Waals surface area contributed by atoms with Gasteiger partial charge in [-0.05, 0) is 49.8 Å². The molecule has 26 heavy (non-hydrogen) atoms. The van der Waals surface area contributed by atoms with Crippen LogP contribution >= 0.6 is 11.6 Å². The lowest BCUT2D eigenvalue weighted by molar-refractivity contribution is 0.233. The monoisotopic (exact) mass is 375 g/mol.